The molecule has 0 amide bonds. The highest BCUT2D eigenvalue weighted by Crippen LogP contribution is 2.13. The van der Waals surface area contributed by atoms with E-state index in [1.807, 2.05) is 36.4 Å². The van der Waals surface area contributed by atoms with Gasteiger partial charge >= 0.3 is 0 Å². The number of rotatable bonds is 10. The van der Waals surface area contributed by atoms with Crippen molar-refractivity contribution >= 4 is 10.9 Å². The van der Waals surface area contributed by atoms with E-state index in [2.05, 4.69) is 29.0 Å². The number of fused-ring (bicyclic) bond motifs is 1. The minimum Gasteiger partial charge on any atom is -1.00 e. The van der Waals surface area contributed by atoms with Crippen molar-refractivity contribution in [2.24, 2.45) is 0 Å². The molecule has 1 heterocycles. The van der Waals surface area contributed by atoms with E-state index in [4.69, 9.17) is 4.74 Å². The molecule has 0 saturated carbocycles. The smallest absolute Gasteiger partial charge is 0.261 e. The van der Waals surface area contributed by atoms with Crippen LogP contribution in [0.2, 0.25) is 0 Å². The van der Waals surface area contributed by atoms with Gasteiger partial charge in [0.15, 0.2) is 0 Å². The van der Waals surface area contributed by atoms with E-state index in [0.29, 0.717) is 18.5 Å². The second-order valence-electron chi connectivity index (χ2n) is 6.48. The monoisotopic (exact) mass is 399 g/mol. The molecule has 5 nitrogen and oxygen atoms in total. The first-order chi connectivity index (χ1) is 13.3. The summed E-state index contributed by atoms with van der Waals surface area (Å²) in [6, 6.07) is 15.7. The second-order valence-corrected chi connectivity index (χ2v) is 6.48. The van der Waals surface area contributed by atoms with Crippen molar-refractivity contribution in [1.29, 1.82) is 0 Å². The number of hydrogen-bond acceptors (Lipinski definition) is 3. The lowest BCUT2D eigenvalue weighted by atomic mass is 10.1. The van der Waals surface area contributed by atoms with Crippen LogP contribution in [0.15, 0.2) is 72.3 Å². The average Bonchev–Trinajstić information content (AvgIpc) is 2.71. The maximum absolute atomic E-state index is 12.4. The van der Waals surface area contributed by atoms with Gasteiger partial charge in [-0.2, -0.15) is 0 Å². The summed E-state index contributed by atoms with van der Waals surface area (Å²) >= 11 is 0. The normalized spacial score (nSPS) is 10.4. The fraction of sp³-hybridized carbons (Fsp3) is 0.273. The number of aryl methyl sites for hydroxylation is 1. The molecule has 3 aromatic rings. The summed E-state index contributed by atoms with van der Waals surface area (Å²) in [5.74, 6) is 0.885. The number of para-hydroxylation sites is 1. The van der Waals surface area contributed by atoms with Crippen LogP contribution >= 0.6 is 0 Å². The Bertz CT molecular complexity index is 956. The Hall–Kier alpha value is -2.63. The molecule has 0 aliphatic rings. The van der Waals surface area contributed by atoms with Gasteiger partial charge in [0, 0.05) is 19.4 Å². The quantitative estimate of drug-likeness (QED) is 0.357. The molecule has 0 atom stereocenters. The summed E-state index contributed by atoms with van der Waals surface area (Å²) in [6.45, 7) is 6.87. The van der Waals surface area contributed by atoms with Crippen molar-refractivity contribution in [3.63, 3.8) is 0 Å². The van der Waals surface area contributed by atoms with Crippen molar-refractivity contribution in [1.82, 2.24) is 9.55 Å². The van der Waals surface area contributed by atoms with Gasteiger partial charge in [-0.15, -0.1) is 0 Å². The fourth-order valence-corrected chi connectivity index (χ4v) is 3.03. The van der Waals surface area contributed by atoms with E-state index in [0.717, 1.165) is 37.2 Å². The molecule has 0 spiro atoms. The molecule has 2 aromatic carbocycles. The van der Waals surface area contributed by atoms with Crippen molar-refractivity contribution in [2.45, 2.75) is 19.4 Å². The summed E-state index contributed by atoms with van der Waals surface area (Å²) in [7, 11) is 0. The van der Waals surface area contributed by atoms with Crippen molar-refractivity contribution in [3.8, 4) is 5.75 Å². The van der Waals surface area contributed by atoms with Gasteiger partial charge in [-0.3, -0.25) is 9.36 Å². The molecule has 0 saturated heterocycles. The van der Waals surface area contributed by atoms with Crippen LogP contribution in [-0.2, 0) is 13.0 Å². The minimum atomic E-state index is 0. The predicted molar refractivity (Wildman–Crippen MR) is 108 cm³/mol. The number of hydrogen-bond donors (Lipinski definition) is 1. The Morgan fingerprint density at radius 1 is 1.14 bits per heavy atom. The lowest BCUT2D eigenvalue weighted by molar-refractivity contribution is -0.654. The first-order valence-electron chi connectivity index (χ1n) is 9.36. The summed E-state index contributed by atoms with van der Waals surface area (Å²) < 4.78 is 7.27. The number of nitrogens with zero attached hydrogens (tertiary/aromatic N) is 2. The highest BCUT2D eigenvalue weighted by molar-refractivity contribution is 5.76. The molecule has 0 aliphatic carbocycles. The van der Waals surface area contributed by atoms with E-state index < -0.39 is 0 Å². The zero-order chi connectivity index (χ0) is 18.9. The summed E-state index contributed by atoms with van der Waals surface area (Å²) in [4.78, 5) is 16.8. The third-order valence-corrected chi connectivity index (χ3v) is 4.44. The standard InChI is InChI=1S/C22H25N3O2.ClH/c1-2-15-27-19-8-5-7-18(16-19)11-13-23-12-6-14-25-17-24-21-10-4-3-9-20(21)22(25)26;/h2-5,7-10,16-17,23H,1,6,11-15H2;1H. The molecule has 3 rings (SSSR count). The van der Waals surface area contributed by atoms with E-state index >= 15 is 0 Å². The summed E-state index contributed by atoms with van der Waals surface area (Å²) in [5, 5.41) is 2.97. The fourth-order valence-electron chi connectivity index (χ4n) is 3.03. The predicted octanol–water partition coefficient (Wildman–Crippen LogP) is -0.838. The van der Waals surface area contributed by atoms with Crippen molar-refractivity contribution in [2.75, 3.05) is 19.7 Å². The molecule has 1 aromatic heterocycles. The molecular weight excluding hydrogens is 374 g/mol. The van der Waals surface area contributed by atoms with E-state index in [1.165, 1.54) is 5.56 Å². The molecule has 28 heavy (non-hydrogen) atoms. The Morgan fingerprint density at radius 3 is 2.86 bits per heavy atom. The van der Waals surface area contributed by atoms with Crippen LogP contribution in [0.25, 0.3) is 10.9 Å². The highest BCUT2D eigenvalue weighted by atomic mass is 35.5. The van der Waals surface area contributed by atoms with Crippen LogP contribution < -0.4 is 28.0 Å². The number of aromatic nitrogens is 2. The van der Waals surface area contributed by atoms with Crippen LogP contribution in [0.5, 0.6) is 5.75 Å². The summed E-state index contributed by atoms with van der Waals surface area (Å²) in [5.41, 5.74) is 2.06. The zero-order valence-corrected chi connectivity index (χ0v) is 16.6. The van der Waals surface area contributed by atoms with Gasteiger partial charge in [0.25, 0.3) is 5.56 Å². The Labute approximate surface area is 171 Å². The molecule has 6 heteroatoms. The Balaban J connectivity index is 0.00000280. The Morgan fingerprint density at radius 2 is 2.00 bits per heavy atom. The van der Waals surface area contributed by atoms with E-state index in [9.17, 15) is 4.79 Å². The third-order valence-electron chi connectivity index (χ3n) is 4.44. The lowest BCUT2D eigenvalue weighted by Gasteiger charge is -2.07. The maximum Gasteiger partial charge on any atom is 0.261 e. The highest BCUT2D eigenvalue weighted by Gasteiger charge is 2.03. The van der Waals surface area contributed by atoms with Gasteiger partial charge in [0.2, 0.25) is 0 Å². The molecule has 0 fully saturated rings. The third kappa shape index (κ3) is 5.94. The average molecular weight is 400 g/mol. The van der Waals surface area contributed by atoms with Crippen LogP contribution in [0.1, 0.15) is 12.0 Å². The van der Waals surface area contributed by atoms with Gasteiger partial charge in [0.1, 0.15) is 12.4 Å². The number of halogens is 1. The SMILES string of the molecule is C=CCOc1cccc(CC[NH2+]CCCn2cnc3ccccc3c2=O)c1.[Cl-]. The van der Waals surface area contributed by atoms with Crippen LogP contribution in [0.4, 0.5) is 0 Å². The largest absolute Gasteiger partial charge is 1.00 e. The van der Waals surface area contributed by atoms with Crippen LogP contribution in [0, 0.1) is 0 Å². The number of ether oxygens (including phenoxy) is 1. The first-order valence-corrected chi connectivity index (χ1v) is 9.36. The zero-order valence-electron chi connectivity index (χ0n) is 15.9. The topological polar surface area (TPSA) is 60.7 Å². The molecule has 0 aliphatic heterocycles. The molecular formula is C22H26ClN3O2. The van der Waals surface area contributed by atoms with Gasteiger partial charge in [-0.05, 0) is 29.8 Å². The van der Waals surface area contributed by atoms with Crippen LogP contribution in [0.3, 0.4) is 0 Å². The molecule has 0 bridgehead atoms. The number of quaternary nitrogens is 1. The molecule has 2 N–H and O–H groups in total. The molecule has 0 radical (unpaired) electrons. The maximum atomic E-state index is 12.4. The van der Waals surface area contributed by atoms with Crippen molar-refractivity contribution in [3.05, 3.63) is 83.4 Å². The Kier molecular flexibility index (Phi) is 8.72. The van der Waals surface area contributed by atoms with Gasteiger partial charge in [0.05, 0.1) is 30.3 Å². The van der Waals surface area contributed by atoms with Gasteiger partial charge in [-0.25, -0.2) is 4.98 Å². The first kappa shape index (κ1) is 21.7. The number of benzene rings is 2. The van der Waals surface area contributed by atoms with Crippen LogP contribution in [-0.4, -0.2) is 29.2 Å². The minimum absolute atomic E-state index is 0. The van der Waals surface area contributed by atoms with Gasteiger partial charge in [-0.1, -0.05) is 36.9 Å². The van der Waals surface area contributed by atoms with E-state index in [-0.39, 0.29) is 18.0 Å². The lowest BCUT2D eigenvalue weighted by Crippen LogP contribution is -3.00. The van der Waals surface area contributed by atoms with Gasteiger partial charge < -0.3 is 22.5 Å². The summed E-state index contributed by atoms with van der Waals surface area (Å²) in [6.07, 6.45) is 5.32. The number of nitrogens with two attached hydrogens (primary N) is 1. The van der Waals surface area contributed by atoms with E-state index in [1.54, 1.807) is 17.0 Å². The second kappa shape index (κ2) is 11.3. The molecule has 148 valence electrons. The van der Waals surface area contributed by atoms with Crippen molar-refractivity contribution < 1.29 is 22.5 Å². The molecule has 0 unspecified atom stereocenters.